The van der Waals surface area contributed by atoms with Crippen LogP contribution in [0.3, 0.4) is 0 Å². The number of hydrogen-bond donors (Lipinski definition) is 1. The first-order valence-corrected chi connectivity index (χ1v) is 11.8. The van der Waals surface area contributed by atoms with Crippen LogP contribution in [0.2, 0.25) is 0 Å². The fourth-order valence-corrected chi connectivity index (χ4v) is 5.16. The fourth-order valence-electron chi connectivity index (χ4n) is 5.16. The Morgan fingerprint density at radius 3 is 1.97 bits per heavy atom. The number of rotatable bonds is 3. The maximum Gasteiger partial charge on any atom is 0.0739 e. The van der Waals surface area contributed by atoms with Crippen LogP contribution in [0.25, 0.3) is 5.57 Å². The Morgan fingerprint density at radius 1 is 0.727 bits per heavy atom. The molecule has 2 nitrogen and oxygen atoms in total. The summed E-state index contributed by atoms with van der Waals surface area (Å²) in [6.45, 7) is 16.0. The molecule has 33 heavy (non-hydrogen) atoms. The summed E-state index contributed by atoms with van der Waals surface area (Å²) in [5.74, 6) is 0. The van der Waals surface area contributed by atoms with E-state index in [9.17, 15) is 0 Å². The van der Waals surface area contributed by atoms with E-state index in [0.29, 0.717) is 0 Å². The zero-order chi connectivity index (χ0) is 24.0. The number of nitrogens with zero attached hydrogens (tertiary/aromatic N) is 1. The highest BCUT2D eigenvalue weighted by Crippen LogP contribution is 2.55. The number of fused-ring (bicyclic) bond motifs is 1. The van der Waals surface area contributed by atoms with Crippen LogP contribution in [0.5, 0.6) is 0 Å². The number of nitrogens with one attached hydrogen (secondary N) is 1. The summed E-state index contributed by atoms with van der Waals surface area (Å²) >= 11 is 0. The van der Waals surface area contributed by atoms with Gasteiger partial charge < -0.3 is 5.32 Å². The minimum Gasteiger partial charge on any atom is -0.357 e. The number of para-hydroxylation sites is 1. The molecule has 2 heteroatoms. The van der Waals surface area contributed by atoms with Crippen LogP contribution < -0.4 is 5.32 Å². The smallest absolute Gasteiger partial charge is 0.0739 e. The second-order valence-electron chi connectivity index (χ2n) is 10.4. The maximum atomic E-state index is 4.90. The lowest BCUT2D eigenvalue weighted by Crippen LogP contribution is -2.45. The summed E-state index contributed by atoms with van der Waals surface area (Å²) in [4.78, 5) is 4.90. The van der Waals surface area contributed by atoms with E-state index in [0.717, 1.165) is 11.3 Å². The Bertz CT molecular complexity index is 1240. The summed E-state index contributed by atoms with van der Waals surface area (Å²) < 4.78 is 0. The largest absolute Gasteiger partial charge is 0.357 e. The van der Waals surface area contributed by atoms with Crippen molar-refractivity contribution in [3.63, 3.8) is 0 Å². The van der Waals surface area contributed by atoms with Crippen LogP contribution >= 0.6 is 0 Å². The van der Waals surface area contributed by atoms with E-state index in [2.05, 4.69) is 121 Å². The Morgan fingerprint density at radius 2 is 1.36 bits per heavy atom. The van der Waals surface area contributed by atoms with Gasteiger partial charge in [0.05, 0.1) is 5.71 Å². The standard InChI is InChI=1S/C31H36N2/c1-20-17-21(2)19-24(18-20)28(32-8)26(23-14-10-9-11-15-23)29-31(6,7)30(4,5)25-16-12-13-22(3)27(25)33-29/h9-19,33H,1-8H3/b29-26-,32-28?. The number of aliphatic imine (C=N–C) groups is 1. The van der Waals surface area contributed by atoms with E-state index in [1.54, 1.807) is 0 Å². The number of allylic oxidation sites excluding steroid dienone is 2. The van der Waals surface area contributed by atoms with Gasteiger partial charge in [-0.3, -0.25) is 4.99 Å². The number of hydrogen-bond acceptors (Lipinski definition) is 2. The average Bonchev–Trinajstić information content (AvgIpc) is 2.75. The third-order valence-electron chi connectivity index (χ3n) is 7.65. The molecule has 1 N–H and O–H groups in total. The normalized spacial score (nSPS) is 18.4. The van der Waals surface area contributed by atoms with Crippen LogP contribution in [0.4, 0.5) is 5.69 Å². The molecule has 1 aliphatic heterocycles. The van der Waals surface area contributed by atoms with Gasteiger partial charge in [-0.25, -0.2) is 0 Å². The molecule has 0 spiro atoms. The van der Waals surface area contributed by atoms with Crippen molar-refractivity contribution in [2.75, 3.05) is 12.4 Å². The third kappa shape index (κ3) is 3.82. The highest BCUT2D eigenvalue weighted by Gasteiger charge is 2.48. The highest BCUT2D eigenvalue weighted by molar-refractivity contribution is 6.33. The third-order valence-corrected chi connectivity index (χ3v) is 7.65. The molecule has 0 aromatic heterocycles. The van der Waals surface area contributed by atoms with Crippen LogP contribution in [-0.2, 0) is 5.41 Å². The molecular formula is C31H36N2. The first kappa shape index (κ1) is 23.0. The van der Waals surface area contributed by atoms with Gasteiger partial charge in [-0.1, -0.05) is 93.4 Å². The van der Waals surface area contributed by atoms with Gasteiger partial charge in [0.1, 0.15) is 0 Å². The first-order chi connectivity index (χ1) is 15.6. The maximum absolute atomic E-state index is 4.90. The molecule has 0 saturated carbocycles. The Hall–Kier alpha value is -3.13. The van der Waals surface area contributed by atoms with Gasteiger partial charge in [-0.15, -0.1) is 0 Å². The molecule has 0 fully saturated rings. The predicted octanol–water partition coefficient (Wildman–Crippen LogP) is 7.87. The van der Waals surface area contributed by atoms with E-state index in [1.807, 2.05) is 7.05 Å². The van der Waals surface area contributed by atoms with E-state index >= 15 is 0 Å². The van der Waals surface area contributed by atoms with E-state index in [-0.39, 0.29) is 10.8 Å². The van der Waals surface area contributed by atoms with Gasteiger partial charge in [0.15, 0.2) is 0 Å². The zero-order valence-electron chi connectivity index (χ0n) is 21.3. The van der Waals surface area contributed by atoms with Crippen molar-refractivity contribution in [3.05, 3.63) is 106 Å². The molecule has 0 saturated heterocycles. The molecule has 1 aliphatic rings. The Balaban J connectivity index is 2.09. The SMILES string of the molecule is CN=C(/C(=C1\Nc2c(C)cccc2C(C)(C)C1(C)C)c1ccccc1)c1cc(C)cc(C)c1. The second kappa shape index (κ2) is 8.33. The van der Waals surface area contributed by atoms with Crippen molar-refractivity contribution >= 4 is 17.0 Å². The highest BCUT2D eigenvalue weighted by atomic mass is 15.0. The summed E-state index contributed by atoms with van der Waals surface area (Å²) in [5, 5.41) is 3.92. The molecule has 170 valence electrons. The molecule has 3 aromatic rings. The molecule has 0 radical (unpaired) electrons. The molecular weight excluding hydrogens is 400 g/mol. The minimum absolute atomic E-state index is 0.0731. The van der Waals surface area contributed by atoms with E-state index in [4.69, 9.17) is 4.99 Å². The monoisotopic (exact) mass is 436 g/mol. The molecule has 3 aromatic carbocycles. The van der Waals surface area contributed by atoms with Gasteiger partial charge in [-0.05, 0) is 49.6 Å². The van der Waals surface area contributed by atoms with Crippen molar-refractivity contribution in [2.24, 2.45) is 10.4 Å². The topological polar surface area (TPSA) is 24.4 Å². The molecule has 0 aliphatic carbocycles. The Kier molecular flexibility index (Phi) is 5.82. The molecule has 0 bridgehead atoms. The van der Waals surface area contributed by atoms with Crippen molar-refractivity contribution in [1.82, 2.24) is 0 Å². The summed E-state index contributed by atoms with van der Waals surface area (Å²) in [5.41, 5.74) is 11.9. The number of benzene rings is 3. The van der Waals surface area contributed by atoms with Gasteiger partial charge >= 0.3 is 0 Å². The molecule has 0 atom stereocenters. The average molecular weight is 437 g/mol. The van der Waals surface area contributed by atoms with Gasteiger partial charge in [0.25, 0.3) is 0 Å². The van der Waals surface area contributed by atoms with Crippen LogP contribution in [-0.4, -0.2) is 12.8 Å². The molecule has 0 unspecified atom stereocenters. The van der Waals surface area contributed by atoms with Gasteiger partial charge in [0.2, 0.25) is 0 Å². The lowest BCUT2D eigenvalue weighted by molar-refractivity contribution is 0.245. The number of anilines is 1. The van der Waals surface area contributed by atoms with Crippen molar-refractivity contribution in [1.29, 1.82) is 0 Å². The van der Waals surface area contributed by atoms with Crippen LogP contribution in [0, 0.1) is 26.2 Å². The fraction of sp³-hybridized carbons (Fsp3) is 0.323. The van der Waals surface area contributed by atoms with Gasteiger partial charge in [-0.2, -0.15) is 0 Å². The predicted molar refractivity (Wildman–Crippen MR) is 143 cm³/mol. The first-order valence-electron chi connectivity index (χ1n) is 11.8. The lowest BCUT2D eigenvalue weighted by Gasteiger charge is -2.50. The van der Waals surface area contributed by atoms with Crippen LogP contribution in [0.15, 0.2) is 77.4 Å². The summed E-state index contributed by atoms with van der Waals surface area (Å²) in [6, 6.07) is 24.1. The van der Waals surface area contributed by atoms with Gasteiger partial charge in [0, 0.05) is 40.4 Å². The summed E-state index contributed by atoms with van der Waals surface area (Å²) in [7, 11) is 1.91. The Labute approximate surface area is 199 Å². The van der Waals surface area contributed by atoms with Crippen molar-refractivity contribution in [2.45, 2.75) is 53.9 Å². The van der Waals surface area contributed by atoms with E-state index < -0.39 is 0 Å². The second-order valence-corrected chi connectivity index (χ2v) is 10.4. The zero-order valence-corrected chi connectivity index (χ0v) is 21.3. The molecule has 1 heterocycles. The van der Waals surface area contributed by atoms with E-state index in [1.165, 1.54) is 44.8 Å². The van der Waals surface area contributed by atoms with Crippen molar-refractivity contribution < 1.29 is 0 Å². The molecule has 0 amide bonds. The summed E-state index contributed by atoms with van der Waals surface area (Å²) in [6.07, 6.45) is 0. The van der Waals surface area contributed by atoms with Crippen molar-refractivity contribution in [3.8, 4) is 0 Å². The van der Waals surface area contributed by atoms with Crippen LogP contribution in [0.1, 0.15) is 61.1 Å². The molecule has 4 rings (SSSR count). The minimum atomic E-state index is -0.159. The lowest BCUT2D eigenvalue weighted by atomic mass is 9.58. The number of aryl methyl sites for hydroxylation is 3. The quantitative estimate of drug-likeness (QED) is 0.415.